The zero-order valence-electron chi connectivity index (χ0n) is 17.7. The summed E-state index contributed by atoms with van der Waals surface area (Å²) in [6, 6.07) is 13.6. The van der Waals surface area contributed by atoms with E-state index in [0.29, 0.717) is 30.5 Å². The molecule has 0 radical (unpaired) electrons. The molecule has 31 heavy (non-hydrogen) atoms. The second kappa shape index (κ2) is 8.96. The van der Waals surface area contributed by atoms with Crippen molar-refractivity contribution < 1.29 is 13.9 Å². The molecule has 0 aliphatic heterocycles. The van der Waals surface area contributed by atoms with Crippen molar-refractivity contribution in [3.05, 3.63) is 70.1 Å². The van der Waals surface area contributed by atoms with Crippen molar-refractivity contribution >= 4 is 45.6 Å². The SMILES string of the molecule is CCOCCn1c(Cl)c(/C=N/NC(=O)c2cc3cc(C)ccc3o2)c2cc(C)ccc21. The average Bonchev–Trinajstić information content (AvgIpc) is 3.27. The van der Waals surface area contributed by atoms with Crippen molar-refractivity contribution in [2.75, 3.05) is 13.2 Å². The number of amides is 1. The van der Waals surface area contributed by atoms with E-state index in [1.54, 1.807) is 12.3 Å². The number of aryl methyl sites for hydroxylation is 2. The first-order valence-corrected chi connectivity index (χ1v) is 10.6. The van der Waals surface area contributed by atoms with Gasteiger partial charge in [-0.1, -0.05) is 34.9 Å². The molecule has 4 rings (SSSR count). The molecule has 0 unspecified atom stereocenters. The lowest BCUT2D eigenvalue weighted by Gasteiger charge is -2.07. The second-order valence-electron chi connectivity index (χ2n) is 7.42. The number of hydrogen-bond donors (Lipinski definition) is 1. The van der Waals surface area contributed by atoms with Crippen molar-refractivity contribution in [3.8, 4) is 0 Å². The van der Waals surface area contributed by atoms with E-state index in [1.165, 1.54) is 0 Å². The number of ether oxygens (including phenoxy) is 1. The molecule has 4 aromatic rings. The van der Waals surface area contributed by atoms with Crippen molar-refractivity contribution in [2.45, 2.75) is 27.3 Å². The fourth-order valence-electron chi connectivity index (χ4n) is 3.59. The summed E-state index contributed by atoms with van der Waals surface area (Å²) in [5, 5.41) is 6.55. The first kappa shape index (κ1) is 21.2. The number of nitrogens with zero attached hydrogens (tertiary/aromatic N) is 2. The molecule has 0 atom stereocenters. The van der Waals surface area contributed by atoms with Crippen molar-refractivity contribution in [1.82, 2.24) is 9.99 Å². The summed E-state index contributed by atoms with van der Waals surface area (Å²) in [6.07, 6.45) is 1.58. The van der Waals surface area contributed by atoms with Crippen LogP contribution in [0.15, 0.2) is 52.0 Å². The zero-order chi connectivity index (χ0) is 22.0. The number of rotatable bonds is 7. The lowest BCUT2D eigenvalue weighted by molar-refractivity contribution is 0.0929. The molecule has 160 valence electrons. The topological polar surface area (TPSA) is 68.8 Å². The van der Waals surface area contributed by atoms with E-state index < -0.39 is 5.91 Å². The Bertz CT molecular complexity index is 1290. The van der Waals surface area contributed by atoms with Crippen molar-refractivity contribution in [1.29, 1.82) is 0 Å². The first-order chi connectivity index (χ1) is 15.0. The zero-order valence-corrected chi connectivity index (χ0v) is 18.5. The molecule has 0 aliphatic rings. The van der Waals surface area contributed by atoms with Gasteiger partial charge in [-0.3, -0.25) is 4.79 Å². The van der Waals surface area contributed by atoms with E-state index in [9.17, 15) is 4.79 Å². The van der Waals surface area contributed by atoms with Crippen LogP contribution in [-0.4, -0.2) is 29.9 Å². The number of fused-ring (bicyclic) bond motifs is 2. The minimum absolute atomic E-state index is 0.207. The number of hydrazone groups is 1. The monoisotopic (exact) mass is 437 g/mol. The highest BCUT2D eigenvalue weighted by molar-refractivity contribution is 6.34. The summed E-state index contributed by atoms with van der Waals surface area (Å²) < 4.78 is 13.1. The molecular weight excluding hydrogens is 414 g/mol. The Balaban J connectivity index is 1.58. The molecular formula is C24H24ClN3O3. The molecule has 0 spiro atoms. The van der Waals surface area contributed by atoms with E-state index in [1.807, 2.05) is 55.7 Å². The minimum atomic E-state index is -0.419. The number of nitrogens with one attached hydrogen (secondary N) is 1. The molecule has 6 nitrogen and oxygen atoms in total. The maximum Gasteiger partial charge on any atom is 0.307 e. The van der Waals surface area contributed by atoms with Gasteiger partial charge in [0.05, 0.1) is 12.8 Å². The third kappa shape index (κ3) is 4.36. The van der Waals surface area contributed by atoms with Crippen LogP contribution in [0.5, 0.6) is 0 Å². The Hall–Kier alpha value is -3.09. The number of carbonyl (C=O) groups excluding carboxylic acids is 1. The lowest BCUT2D eigenvalue weighted by Crippen LogP contribution is -2.16. The highest BCUT2D eigenvalue weighted by atomic mass is 35.5. The number of aromatic nitrogens is 1. The van der Waals surface area contributed by atoms with Gasteiger partial charge < -0.3 is 13.7 Å². The largest absolute Gasteiger partial charge is 0.451 e. The summed E-state index contributed by atoms with van der Waals surface area (Å²) in [5.74, 6) is -0.212. The van der Waals surface area contributed by atoms with Gasteiger partial charge in [0, 0.05) is 35.0 Å². The molecule has 2 heterocycles. The third-order valence-corrected chi connectivity index (χ3v) is 5.52. The maximum absolute atomic E-state index is 12.5. The molecule has 2 aromatic heterocycles. The molecule has 1 N–H and O–H groups in total. The first-order valence-electron chi connectivity index (χ1n) is 10.2. The van der Waals surface area contributed by atoms with Crippen LogP contribution in [0.25, 0.3) is 21.9 Å². The summed E-state index contributed by atoms with van der Waals surface area (Å²) in [7, 11) is 0. The van der Waals surface area contributed by atoms with Crippen molar-refractivity contribution in [3.63, 3.8) is 0 Å². The fraction of sp³-hybridized carbons (Fsp3) is 0.250. The van der Waals surface area contributed by atoms with E-state index in [2.05, 4.69) is 16.6 Å². The Labute approximate surface area is 185 Å². The van der Waals surface area contributed by atoms with Crippen molar-refractivity contribution in [2.24, 2.45) is 5.10 Å². The van der Waals surface area contributed by atoms with Gasteiger partial charge in [-0.05, 0) is 51.1 Å². The predicted molar refractivity (Wildman–Crippen MR) is 124 cm³/mol. The van der Waals surface area contributed by atoms with E-state index in [4.69, 9.17) is 20.8 Å². The maximum atomic E-state index is 12.5. The highest BCUT2D eigenvalue weighted by Gasteiger charge is 2.15. The molecule has 0 bridgehead atoms. The molecule has 0 saturated heterocycles. The number of halogens is 1. The van der Waals surface area contributed by atoms with E-state index in [-0.39, 0.29) is 5.76 Å². The molecule has 0 saturated carbocycles. The molecule has 0 aliphatic carbocycles. The van der Waals surface area contributed by atoms with Crippen LogP contribution in [0.3, 0.4) is 0 Å². The van der Waals surface area contributed by atoms with Crippen LogP contribution < -0.4 is 5.43 Å². The summed E-state index contributed by atoms with van der Waals surface area (Å²) in [4.78, 5) is 12.5. The molecule has 1 amide bonds. The predicted octanol–water partition coefficient (Wildman–Crippen LogP) is 5.46. The van der Waals surface area contributed by atoms with Crippen LogP contribution in [0.2, 0.25) is 5.15 Å². The van der Waals surface area contributed by atoms with Gasteiger partial charge in [-0.2, -0.15) is 5.10 Å². The second-order valence-corrected chi connectivity index (χ2v) is 7.78. The summed E-state index contributed by atoms with van der Waals surface area (Å²) in [5.41, 5.74) is 7.16. The lowest BCUT2D eigenvalue weighted by atomic mass is 10.1. The Morgan fingerprint density at radius 3 is 2.77 bits per heavy atom. The summed E-state index contributed by atoms with van der Waals surface area (Å²) in [6.45, 7) is 7.82. The van der Waals surface area contributed by atoms with Crippen LogP contribution in [-0.2, 0) is 11.3 Å². The Morgan fingerprint density at radius 2 is 1.97 bits per heavy atom. The van der Waals surface area contributed by atoms with Gasteiger partial charge >= 0.3 is 5.91 Å². The van der Waals surface area contributed by atoms with Crippen LogP contribution in [0.1, 0.15) is 34.2 Å². The number of benzene rings is 2. The standard InChI is InChI=1S/C24H24ClN3O3/c1-4-30-10-9-28-20-7-5-16(3)12-18(20)19(23(28)25)14-26-27-24(29)22-13-17-11-15(2)6-8-21(17)31-22/h5-8,11-14H,4,9-10H2,1-3H3,(H,27,29)/b26-14+. The van der Waals surface area contributed by atoms with Gasteiger partial charge in [-0.25, -0.2) is 5.43 Å². The normalized spacial score (nSPS) is 11.7. The fourth-order valence-corrected chi connectivity index (χ4v) is 3.92. The summed E-state index contributed by atoms with van der Waals surface area (Å²) >= 11 is 6.67. The number of carbonyl (C=O) groups is 1. The third-order valence-electron chi connectivity index (χ3n) is 5.11. The highest BCUT2D eigenvalue weighted by Crippen LogP contribution is 2.30. The van der Waals surface area contributed by atoms with Crippen LogP contribution in [0.4, 0.5) is 0 Å². The minimum Gasteiger partial charge on any atom is -0.451 e. The Kier molecular flexibility index (Phi) is 6.11. The Morgan fingerprint density at radius 1 is 1.19 bits per heavy atom. The van der Waals surface area contributed by atoms with Gasteiger partial charge in [0.1, 0.15) is 10.7 Å². The van der Waals surface area contributed by atoms with Crippen LogP contribution >= 0.6 is 11.6 Å². The molecule has 0 fully saturated rings. The molecule has 7 heteroatoms. The van der Waals surface area contributed by atoms with Crippen LogP contribution in [0, 0.1) is 13.8 Å². The van der Waals surface area contributed by atoms with E-state index >= 15 is 0 Å². The number of furan rings is 1. The average molecular weight is 438 g/mol. The van der Waals surface area contributed by atoms with Gasteiger partial charge in [0.2, 0.25) is 0 Å². The molecule has 2 aromatic carbocycles. The quantitative estimate of drug-likeness (QED) is 0.237. The number of hydrogen-bond acceptors (Lipinski definition) is 4. The van der Waals surface area contributed by atoms with E-state index in [0.717, 1.165) is 33.0 Å². The smallest absolute Gasteiger partial charge is 0.307 e. The van der Waals surface area contributed by atoms with Gasteiger partial charge in [0.15, 0.2) is 5.76 Å². The van der Waals surface area contributed by atoms with Gasteiger partial charge in [-0.15, -0.1) is 0 Å². The van der Waals surface area contributed by atoms with Gasteiger partial charge in [0.25, 0.3) is 0 Å².